The summed E-state index contributed by atoms with van der Waals surface area (Å²) in [6.07, 6.45) is 2.33. The third-order valence-electron chi connectivity index (χ3n) is 5.60. The number of ether oxygens (including phenoxy) is 1. The fourth-order valence-corrected chi connectivity index (χ4v) is 4.01. The van der Waals surface area contributed by atoms with Gasteiger partial charge in [0.2, 0.25) is 5.91 Å². The average molecular weight is 380 g/mol. The van der Waals surface area contributed by atoms with Gasteiger partial charge in [-0.1, -0.05) is 36.4 Å². The minimum absolute atomic E-state index is 0.0936. The number of amides is 1. The number of fused-ring (bicyclic) bond motifs is 1. The van der Waals surface area contributed by atoms with E-state index in [2.05, 4.69) is 45.4 Å². The molecule has 0 bridgehead atoms. The quantitative estimate of drug-likeness (QED) is 0.751. The highest BCUT2D eigenvalue weighted by Crippen LogP contribution is 2.31. The van der Waals surface area contributed by atoms with Crippen LogP contribution in [0.3, 0.4) is 0 Å². The van der Waals surface area contributed by atoms with Crippen LogP contribution in [0, 0.1) is 0 Å². The summed E-state index contributed by atoms with van der Waals surface area (Å²) in [7, 11) is 0. The molecule has 148 valence electrons. The van der Waals surface area contributed by atoms with E-state index in [-0.39, 0.29) is 5.91 Å². The molecule has 1 amide bonds. The number of piperazine rings is 1. The van der Waals surface area contributed by atoms with Crippen LogP contribution in [-0.2, 0) is 17.8 Å². The minimum atomic E-state index is 0.0936. The molecule has 2 aromatic carbocycles. The topological polar surface area (TPSA) is 44.8 Å². The molecule has 0 unspecified atom stereocenters. The number of carbonyl (C=O) groups is 1. The monoisotopic (exact) mass is 379 g/mol. The first-order valence-corrected chi connectivity index (χ1v) is 10.3. The maximum absolute atomic E-state index is 11.5. The van der Waals surface area contributed by atoms with Crippen LogP contribution < -0.4 is 10.1 Å². The van der Waals surface area contributed by atoms with Crippen molar-refractivity contribution < 1.29 is 9.53 Å². The molecule has 1 saturated heterocycles. The molecule has 0 saturated carbocycles. The van der Waals surface area contributed by atoms with Gasteiger partial charge in [-0.2, -0.15) is 0 Å². The van der Waals surface area contributed by atoms with Gasteiger partial charge in [0.25, 0.3) is 0 Å². The molecule has 0 aromatic heterocycles. The van der Waals surface area contributed by atoms with E-state index in [1.165, 1.54) is 5.56 Å². The number of anilines is 1. The predicted molar refractivity (Wildman–Crippen MR) is 112 cm³/mol. The van der Waals surface area contributed by atoms with Gasteiger partial charge in [0.05, 0.1) is 6.61 Å². The van der Waals surface area contributed by atoms with Crippen molar-refractivity contribution >= 4 is 11.6 Å². The SMILES string of the molecule is O=C1CCc2c(cccc2OCCCN2CCN(Cc3ccccc3)CC2)N1. The predicted octanol–water partition coefficient (Wildman–Crippen LogP) is 3.16. The second-order valence-electron chi connectivity index (χ2n) is 7.64. The van der Waals surface area contributed by atoms with Crippen molar-refractivity contribution in [3.63, 3.8) is 0 Å². The first-order valence-electron chi connectivity index (χ1n) is 10.3. The molecule has 28 heavy (non-hydrogen) atoms. The highest BCUT2D eigenvalue weighted by molar-refractivity contribution is 5.94. The summed E-state index contributed by atoms with van der Waals surface area (Å²) in [6.45, 7) is 7.34. The number of rotatable bonds is 7. The Balaban J connectivity index is 1.17. The van der Waals surface area contributed by atoms with Gasteiger partial charge >= 0.3 is 0 Å². The Morgan fingerprint density at radius 2 is 1.68 bits per heavy atom. The maximum Gasteiger partial charge on any atom is 0.224 e. The van der Waals surface area contributed by atoms with Gasteiger partial charge in [0.1, 0.15) is 5.75 Å². The minimum Gasteiger partial charge on any atom is -0.493 e. The molecule has 0 atom stereocenters. The zero-order valence-corrected chi connectivity index (χ0v) is 16.4. The lowest BCUT2D eigenvalue weighted by atomic mass is 10.0. The number of nitrogens with zero attached hydrogens (tertiary/aromatic N) is 2. The molecule has 1 fully saturated rings. The lowest BCUT2D eigenvalue weighted by Gasteiger charge is -2.34. The van der Waals surface area contributed by atoms with Crippen molar-refractivity contribution in [2.75, 3.05) is 44.6 Å². The summed E-state index contributed by atoms with van der Waals surface area (Å²) in [4.78, 5) is 16.6. The molecule has 0 spiro atoms. The molecule has 2 aliphatic rings. The van der Waals surface area contributed by atoms with E-state index in [0.29, 0.717) is 13.0 Å². The van der Waals surface area contributed by atoms with Crippen LogP contribution in [0.5, 0.6) is 5.75 Å². The molecule has 0 radical (unpaired) electrons. The first kappa shape index (κ1) is 19.0. The first-order chi connectivity index (χ1) is 13.8. The van der Waals surface area contributed by atoms with Gasteiger partial charge in [-0.3, -0.25) is 9.69 Å². The standard InChI is InChI=1S/C23H29N3O2/c27-23-11-10-20-21(24-23)8-4-9-22(20)28-17-5-12-25-13-15-26(16-14-25)18-19-6-2-1-3-7-19/h1-4,6-9H,5,10-18H2,(H,24,27). The lowest BCUT2D eigenvalue weighted by Crippen LogP contribution is -2.46. The number of nitrogens with one attached hydrogen (secondary N) is 1. The lowest BCUT2D eigenvalue weighted by molar-refractivity contribution is -0.116. The van der Waals surface area contributed by atoms with E-state index in [1.807, 2.05) is 18.2 Å². The summed E-state index contributed by atoms with van der Waals surface area (Å²) < 4.78 is 6.04. The van der Waals surface area contributed by atoms with Gasteiger partial charge in [-0.05, 0) is 30.5 Å². The van der Waals surface area contributed by atoms with Crippen molar-refractivity contribution in [2.24, 2.45) is 0 Å². The van der Waals surface area contributed by atoms with Crippen LogP contribution in [-0.4, -0.2) is 55.0 Å². The molecule has 2 aliphatic heterocycles. The van der Waals surface area contributed by atoms with Crippen molar-refractivity contribution in [1.82, 2.24) is 9.80 Å². The summed E-state index contributed by atoms with van der Waals surface area (Å²) in [5.74, 6) is 1.02. The van der Waals surface area contributed by atoms with Gasteiger partial charge in [0, 0.05) is 56.9 Å². The summed E-state index contributed by atoms with van der Waals surface area (Å²) >= 11 is 0. The summed E-state index contributed by atoms with van der Waals surface area (Å²) in [6, 6.07) is 16.6. The van der Waals surface area contributed by atoms with Crippen LogP contribution in [0.15, 0.2) is 48.5 Å². The van der Waals surface area contributed by atoms with E-state index in [9.17, 15) is 4.79 Å². The second kappa shape index (κ2) is 9.22. The van der Waals surface area contributed by atoms with E-state index < -0.39 is 0 Å². The van der Waals surface area contributed by atoms with E-state index in [4.69, 9.17) is 4.74 Å². The van der Waals surface area contributed by atoms with Gasteiger partial charge in [0.15, 0.2) is 0 Å². The Morgan fingerprint density at radius 3 is 2.50 bits per heavy atom. The molecular weight excluding hydrogens is 350 g/mol. The zero-order chi connectivity index (χ0) is 19.2. The van der Waals surface area contributed by atoms with E-state index in [0.717, 1.165) is 69.1 Å². The molecule has 2 heterocycles. The third kappa shape index (κ3) is 4.91. The van der Waals surface area contributed by atoms with E-state index >= 15 is 0 Å². The van der Waals surface area contributed by atoms with E-state index in [1.54, 1.807) is 0 Å². The Kier molecular flexibility index (Phi) is 6.24. The largest absolute Gasteiger partial charge is 0.493 e. The molecule has 0 aliphatic carbocycles. The van der Waals surface area contributed by atoms with Crippen molar-refractivity contribution in [2.45, 2.75) is 25.8 Å². The number of benzene rings is 2. The Morgan fingerprint density at radius 1 is 0.893 bits per heavy atom. The van der Waals surface area contributed by atoms with Gasteiger partial charge in [-0.25, -0.2) is 0 Å². The van der Waals surface area contributed by atoms with Crippen LogP contribution >= 0.6 is 0 Å². The molecular formula is C23H29N3O2. The highest BCUT2D eigenvalue weighted by atomic mass is 16.5. The van der Waals surface area contributed by atoms with Gasteiger partial charge in [-0.15, -0.1) is 0 Å². The normalized spacial score (nSPS) is 17.8. The van der Waals surface area contributed by atoms with Gasteiger partial charge < -0.3 is 15.0 Å². The number of hydrogen-bond donors (Lipinski definition) is 1. The summed E-state index contributed by atoms with van der Waals surface area (Å²) in [5.41, 5.74) is 3.44. The zero-order valence-electron chi connectivity index (χ0n) is 16.4. The highest BCUT2D eigenvalue weighted by Gasteiger charge is 2.19. The van der Waals surface area contributed by atoms with Crippen LogP contribution in [0.1, 0.15) is 24.0 Å². The van der Waals surface area contributed by atoms with Crippen LogP contribution in [0.4, 0.5) is 5.69 Å². The molecule has 5 nitrogen and oxygen atoms in total. The van der Waals surface area contributed by atoms with Crippen LogP contribution in [0.2, 0.25) is 0 Å². The fourth-order valence-electron chi connectivity index (χ4n) is 4.01. The van der Waals surface area contributed by atoms with Crippen molar-refractivity contribution in [3.05, 3.63) is 59.7 Å². The fraction of sp³-hybridized carbons (Fsp3) is 0.435. The Bertz CT molecular complexity index is 786. The average Bonchev–Trinajstić information content (AvgIpc) is 2.73. The number of carbonyl (C=O) groups excluding carboxylic acids is 1. The Labute approximate surface area is 167 Å². The van der Waals surface area contributed by atoms with Crippen molar-refractivity contribution in [3.8, 4) is 5.75 Å². The number of hydrogen-bond acceptors (Lipinski definition) is 4. The summed E-state index contributed by atoms with van der Waals surface area (Å²) in [5, 5.41) is 2.93. The van der Waals surface area contributed by atoms with Crippen molar-refractivity contribution in [1.29, 1.82) is 0 Å². The second-order valence-corrected chi connectivity index (χ2v) is 7.64. The third-order valence-corrected chi connectivity index (χ3v) is 5.60. The smallest absolute Gasteiger partial charge is 0.224 e. The Hall–Kier alpha value is -2.37. The van der Waals surface area contributed by atoms with Crippen LogP contribution in [0.25, 0.3) is 0 Å². The molecule has 4 rings (SSSR count). The molecule has 5 heteroatoms. The maximum atomic E-state index is 11.5. The molecule has 2 aromatic rings. The molecule has 1 N–H and O–H groups in total.